The van der Waals surface area contributed by atoms with Gasteiger partial charge in [-0.05, 0) is 48.7 Å². The van der Waals surface area contributed by atoms with E-state index in [4.69, 9.17) is 4.98 Å². The molecule has 148 valence electrons. The number of aromatic nitrogens is 3. The molecule has 4 aromatic rings. The van der Waals surface area contributed by atoms with Gasteiger partial charge in [0, 0.05) is 24.0 Å². The molecule has 3 heterocycles. The highest BCUT2D eigenvalue weighted by Gasteiger charge is 2.30. The molecule has 0 atom stereocenters. The largest absolute Gasteiger partial charge is 0.327 e. The minimum Gasteiger partial charge on any atom is -0.327 e. The molecular formula is C25H22N4O. The zero-order chi connectivity index (χ0) is 20.7. The van der Waals surface area contributed by atoms with Gasteiger partial charge in [0.15, 0.2) is 5.82 Å². The molecule has 1 aliphatic rings. The number of imidazole rings is 1. The zero-order valence-electron chi connectivity index (χ0n) is 17.0. The van der Waals surface area contributed by atoms with Crippen LogP contribution < -0.4 is 4.90 Å². The standard InChI is InChI=1S/C25H22N4O/c1-17(2)28-14-13-26-24(28)22-9-6-10-23(27-22)29-16-20-12-11-19(15-21(20)25(29)30)18-7-4-3-5-8-18/h3-15,17H,16H2,1-2H3. The number of carbonyl (C=O) groups is 1. The van der Waals surface area contributed by atoms with Gasteiger partial charge in [0.25, 0.3) is 5.91 Å². The Morgan fingerprint density at radius 3 is 2.57 bits per heavy atom. The van der Waals surface area contributed by atoms with Gasteiger partial charge in [0.05, 0.1) is 6.54 Å². The summed E-state index contributed by atoms with van der Waals surface area (Å²) >= 11 is 0. The lowest BCUT2D eigenvalue weighted by Gasteiger charge is -2.16. The molecule has 0 saturated carbocycles. The molecule has 0 fully saturated rings. The highest BCUT2D eigenvalue weighted by atomic mass is 16.2. The smallest absolute Gasteiger partial charge is 0.260 e. The van der Waals surface area contributed by atoms with Gasteiger partial charge in [-0.25, -0.2) is 9.97 Å². The minimum atomic E-state index is -0.0142. The van der Waals surface area contributed by atoms with Crippen LogP contribution in [0.25, 0.3) is 22.6 Å². The van der Waals surface area contributed by atoms with Crippen LogP contribution in [0.1, 0.15) is 35.8 Å². The van der Waals surface area contributed by atoms with Crippen LogP contribution >= 0.6 is 0 Å². The van der Waals surface area contributed by atoms with Crippen molar-refractivity contribution in [2.24, 2.45) is 0 Å². The maximum Gasteiger partial charge on any atom is 0.260 e. The van der Waals surface area contributed by atoms with Crippen molar-refractivity contribution in [2.75, 3.05) is 4.90 Å². The van der Waals surface area contributed by atoms with Crippen molar-refractivity contribution in [3.8, 4) is 22.6 Å². The van der Waals surface area contributed by atoms with Crippen molar-refractivity contribution in [1.29, 1.82) is 0 Å². The number of amides is 1. The van der Waals surface area contributed by atoms with Gasteiger partial charge in [0.1, 0.15) is 11.5 Å². The van der Waals surface area contributed by atoms with Gasteiger partial charge in [0.2, 0.25) is 0 Å². The van der Waals surface area contributed by atoms with Crippen LogP contribution in [0, 0.1) is 0 Å². The number of benzene rings is 2. The third kappa shape index (κ3) is 3.08. The maximum atomic E-state index is 13.2. The number of anilines is 1. The summed E-state index contributed by atoms with van der Waals surface area (Å²) < 4.78 is 2.08. The van der Waals surface area contributed by atoms with Crippen molar-refractivity contribution < 1.29 is 4.79 Å². The summed E-state index contributed by atoms with van der Waals surface area (Å²) in [4.78, 5) is 24.2. The molecule has 1 amide bonds. The van der Waals surface area contributed by atoms with Crippen LogP contribution in [0.3, 0.4) is 0 Å². The Labute approximate surface area is 175 Å². The van der Waals surface area contributed by atoms with E-state index >= 15 is 0 Å². The molecule has 2 aromatic carbocycles. The van der Waals surface area contributed by atoms with E-state index in [-0.39, 0.29) is 11.9 Å². The van der Waals surface area contributed by atoms with Crippen LogP contribution in [-0.2, 0) is 6.54 Å². The molecule has 2 aromatic heterocycles. The van der Waals surface area contributed by atoms with E-state index < -0.39 is 0 Å². The predicted molar refractivity (Wildman–Crippen MR) is 118 cm³/mol. The molecular weight excluding hydrogens is 372 g/mol. The first kappa shape index (κ1) is 18.3. The molecule has 5 rings (SSSR count). The number of rotatable bonds is 4. The highest BCUT2D eigenvalue weighted by Crippen LogP contribution is 2.32. The summed E-state index contributed by atoms with van der Waals surface area (Å²) in [5.41, 5.74) is 4.68. The van der Waals surface area contributed by atoms with Gasteiger partial charge in [-0.2, -0.15) is 0 Å². The van der Waals surface area contributed by atoms with E-state index in [1.807, 2.05) is 54.7 Å². The average Bonchev–Trinajstić information content (AvgIpc) is 3.40. The fourth-order valence-electron chi connectivity index (χ4n) is 3.92. The fourth-order valence-corrected chi connectivity index (χ4v) is 3.92. The summed E-state index contributed by atoms with van der Waals surface area (Å²) in [5.74, 6) is 1.44. The first-order valence-corrected chi connectivity index (χ1v) is 10.1. The van der Waals surface area contributed by atoms with E-state index in [0.29, 0.717) is 12.4 Å². The topological polar surface area (TPSA) is 51.0 Å². The third-order valence-electron chi connectivity index (χ3n) is 5.49. The molecule has 0 aliphatic carbocycles. The van der Waals surface area contributed by atoms with Crippen LogP contribution in [0.15, 0.2) is 79.1 Å². The lowest BCUT2D eigenvalue weighted by molar-refractivity contribution is 0.0996. The van der Waals surface area contributed by atoms with E-state index in [2.05, 4.69) is 41.6 Å². The van der Waals surface area contributed by atoms with Gasteiger partial charge in [-0.1, -0.05) is 48.5 Å². The number of fused-ring (bicyclic) bond motifs is 1. The summed E-state index contributed by atoms with van der Waals surface area (Å²) in [6.07, 6.45) is 3.74. The summed E-state index contributed by atoms with van der Waals surface area (Å²) in [5, 5.41) is 0. The first-order valence-electron chi connectivity index (χ1n) is 10.1. The number of hydrogen-bond donors (Lipinski definition) is 0. The zero-order valence-corrected chi connectivity index (χ0v) is 17.0. The monoisotopic (exact) mass is 394 g/mol. The number of carbonyl (C=O) groups excluding carboxylic acids is 1. The molecule has 1 aliphatic heterocycles. The van der Waals surface area contributed by atoms with Crippen LogP contribution in [0.5, 0.6) is 0 Å². The van der Waals surface area contributed by atoms with Gasteiger partial charge in [-0.3, -0.25) is 9.69 Å². The molecule has 5 nitrogen and oxygen atoms in total. The Morgan fingerprint density at radius 1 is 0.933 bits per heavy atom. The SMILES string of the molecule is CC(C)n1ccnc1-c1cccc(N2Cc3ccc(-c4ccccc4)cc3C2=O)n1. The number of pyridine rings is 1. The third-order valence-corrected chi connectivity index (χ3v) is 5.49. The second-order valence-corrected chi connectivity index (χ2v) is 7.76. The Kier molecular flexibility index (Phi) is 4.43. The van der Waals surface area contributed by atoms with E-state index in [9.17, 15) is 4.79 Å². The van der Waals surface area contributed by atoms with Crippen molar-refractivity contribution in [2.45, 2.75) is 26.4 Å². The van der Waals surface area contributed by atoms with E-state index in [1.165, 1.54) is 0 Å². The van der Waals surface area contributed by atoms with Crippen molar-refractivity contribution >= 4 is 11.7 Å². The van der Waals surface area contributed by atoms with Crippen LogP contribution in [-0.4, -0.2) is 20.4 Å². The van der Waals surface area contributed by atoms with Gasteiger partial charge >= 0.3 is 0 Å². The van der Waals surface area contributed by atoms with Crippen LogP contribution in [0.4, 0.5) is 5.82 Å². The Morgan fingerprint density at radius 2 is 1.77 bits per heavy atom. The lowest BCUT2D eigenvalue weighted by atomic mass is 10.0. The summed E-state index contributed by atoms with van der Waals surface area (Å²) in [6, 6.07) is 22.3. The highest BCUT2D eigenvalue weighted by molar-refractivity contribution is 6.10. The van der Waals surface area contributed by atoms with E-state index in [1.54, 1.807) is 11.1 Å². The number of nitrogens with zero attached hydrogens (tertiary/aromatic N) is 4. The molecule has 0 bridgehead atoms. The molecule has 0 unspecified atom stereocenters. The second kappa shape index (κ2) is 7.26. The van der Waals surface area contributed by atoms with Gasteiger partial charge in [-0.15, -0.1) is 0 Å². The fraction of sp³-hybridized carbons (Fsp3) is 0.160. The van der Waals surface area contributed by atoms with Crippen LogP contribution in [0.2, 0.25) is 0 Å². The summed E-state index contributed by atoms with van der Waals surface area (Å²) in [6.45, 7) is 4.75. The second-order valence-electron chi connectivity index (χ2n) is 7.76. The van der Waals surface area contributed by atoms with E-state index in [0.717, 1.165) is 33.8 Å². The maximum absolute atomic E-state index is 13.2. The normalized spacial score (nSPS) is 13.2. The lowest BCUT2D eigenvalue weighted by Crippen LogP contribution is -2.24. The quantitative estimate of drug-likeness (QED) is 0.469. The van der Waals surface area contributed by atoms with Gasteiger partial charge < -0.3 is 4.57 Å². The average molecular weight is 394 g/mol. The van der Waals surface area contributed by atoms with Crippen molar-refractivity contribution in [3.63, 3.8) is 0 Å². The molecule has 0 spiro atoms. The van der Waals surface area contributed by atoms with Crippen molar-refractivity contribution in [3.05, 3.63) is 90.3 Å². The molecule has 0 N–H and O–H groups in total. The van der Waals surface area contributed by atoms with Crippen molar-refractivity contribution in [1.82, 2.24) is 14.5 Å². The summed E-state index contributed by atoms with van der Waals surface area (Å²) in [7, 11) is 0. The first-order chi connectivity index (χ1) is 14.6. The molecule has 0 radical (unpaired) electrons. The Balaban J connectivity index is 1.48. The molecule has 0 saturated heterocycles. The molecule has 5 heteroatoms. The number of hydrogen-bond acceptors (Lipinski definition) is 3. The predicted octanol–water partition coefficient (Wildman–Crippen LogP) is 5.35. The molecule has 30 heavy (non-hydrogen) atoms. The minimum absolute atomic E-state index is 0.0142. The Bertz CT molecular complexity index is 1230. The Hall–Kier alpha value is -3.73.